The van der Waals surface area contributed by atoms with E-state index in [1.165, 1.54) is 0 Å². The second-order valence-electron chi connectivity index (χ2n) is 4.48. The van der Waals surface area contributed by atoms with E-state index in [1.807, 2.05) is 20.0 Å². The number of aryl methyl sites for hydroxylation is 1. The predicted molar refractivity (Wildman–Crippen MR) is 77.6 cm³/mol. The smallest absolute Gasteiger partial charge is 0.201 e. The molecule has 0 amide bonds. The number of Topliss-reactive ketones (excluding diaryl/α,β-unsaturated/α-hetero) is 1. The molecule has 0 bridgehead atoms. The Morgan fingerprint density at radius 2 is 2.10 bits per heavy atom. The topological polar surface area (TPSA) is 64.2 Å². The Bertz CT molecular complexity index is 683. The number of nitriles is 1. The minimum absolute atomic E-state index is 0.0734. The average molecular weight is 284 g/mol. The van der Waals surface area contributed by atoms with Crippen LogP contribution in [0.1, 0.15) is 22.8 Å². The lowest BCUT2D eigenvalue weighted by atomic mass is 10.2. The predicted octanol–water partition coefficient (Wildman–Crippen LogP) is 2.56. The molecule has 21 heavy (non-hydrogen) atoms. The van der Waals surface area contributed by atoms with E-state index in [2.05, 4.69) is 0 Å². The third kappa shape index (κ3) is 3.63. The summed E-state index contributed by atoms with van der Waals surface area (Å²) in [4.78, 5) is 12.0. The van der Waals surface area contributed by atoms with Crippen LogP contribution in [0.15, 0.2) is 36.7 Å². The van der Waals surface area contributed by atoms with Crippen LogP contribution in [0.4, 0.5) is 0 Å². The molecule has 0 saturated heterocycles. The maximum absolute atomic E-state index is 12.0. The maximum atomic E-state index is 12.0. The molecule has 0 aliphatic rings. The Hall–Kier alpha value is -2.74. The lowest BCUT2D eigenvalue weighted by Crippen LogP contribution is -2.11. The summed E-state index contributed by atoms with van der Waals surface area (Å²) < 4.78 is 12.8. The molecule has 108 valence electrons. The Morgan fingerprint density at radius 3 is 2.71 bits per heavy atom. The van der Waals surface area contributed by atoms with Crippen LogP contribution in [0, 0.1) is 11.3 Å². The van der Waals surface area contributed by atoms with Crippen molar-refractivity contribution < 1.29 is 14.3 Å². The normalized spacial score (nSPS) is 9.95. The average Bonchev–Trinajstić information content (AvgIpc) is 2.92. The molecule has 0 aliphatic carbocycles. The highest BCUT2D eigenvalue weighted by Gasteiger charge is 2.11. The van der Waals surface area contributed by atoms with Crippen LogP contribution < -0.4 is 9.47 Å². The van der Waals surface area contributed by atoms with Gasteiger partial charge in [0.15, 0.2) is 18.1 Å². The van der Waals surface area contributed by atoms with Crippen molar-refractivity contribution in [1.29, 1.82) is 5.26 Å². The lowest BCUT2D eigenvalue weighted by molar-refractivity contribution is 0.0919. The zero-order valence-corrected chi connectivity index (χ0v) is 12.0. The van der Waals surface area contributed by atoms with Crippen LogP contribution in [0.25, 0.3) is 0 Å². The molecular formula is C16H16N2O3. The van der Waals surface area contributed by atoms with Gasteiger partial charge in [-0.05, 0) is 25.1 Å². The first kappa shape index (κ1) is 14.7. The summed E-state index contributed by atoms with van der Waals surface area (Å²) in [5.74, 6) is 0.819. The highest BCUT2D eigenvalue weighted by molar-refractivity contribution is 5.97. The summed E-state index contributed by atoms with van der Waals surface area (Å²) in [6.07, 6.45) is 3.55. The van der Waals surface area contributed by atoms with E-state index >= 15 is 0 Å². The first-order valence-electron chi connectivity index (χ1n) is 6.59. The third-order valence-electron chi connectivity index (χ3n) is 2.89. The van der Waals surface area contributed by atoms with Crippen LogP contribution in [-0.2, 0) is 7.05 Å². The standard InChI is InChI=1S/C16H16N2O3/c1-3-20-16-8-12(9-17)4-5-15(16)21-11-14(19)13-6-7-18(2)10-13/h4-8,10H,3,11H2,1-2H3. The molecule has 2 aromatic rings. The number of benzene rings is 1. The van der Waals surface area contributed by atoms with E-state index in [4.69, 9.17) is 14.7 Å². The highest BCUT2D eigenvalue weighted by Crippen LogP contribution is 2.28. The van der Waals surface area contributed by atoms with Crippen molar-refractivity contribution in [2.75, 3.05) is 13.2 Å². The number of aromatic nitrogens is 1. The molecule has 0 unspecified atom stereocenters. The molecule has 0 saturated carbocycles. The summed E-state index contributed by atoms with van der Waals surface area (Å²) in [5.41, 5.74) is 1.09. The van der Waals surface area contributed by atoms with Gasteiger partial charge in [0.05, 0.1) is 18.2 Å². The van der Waals surface area contributed by atoms with E-state index in [0.29, 0.717) is 29.2 Å². The molecule has 0 aliphatic heterocycles. The van der Waals surface area contributed by atoms with E-state index in [9.17, 15) is 4.79 Å². The van der Waals surface area contributed by atoms with Crippen LogP contribution >= 0.6 is 0 Å². The third-order valence-corrected chi connectivity index (χ3v) is 2.89. The molecule has 0 spiro atoms. The van der Waals surface area contributed by atoms with Crippen molar-refractivity contribution in [3.63, 3.8) is 0 Å². The van der Waals surface area contributed by atoms with Gasteiger partial charge in [0.25, 0.3) is 0 Å². The van der Waals surface area contributed by atoms with Crippen LogP contribution in [0.3, 0.4) is 0 Å². The van der Waals surface area contributed by atoms with E-state index in [0.717, 1.165) is 0 Å². The molecule has 1 aromatic carbocycles. The summed E-state index contributed by atoms with van der Waals surface area (Å²) in [7, 11) is 1.85. The monoisotopic (exact) mass is 284 g/mol. The number of ether oxygens (including phenoxy) is 2. The molecule has 1 heterocycles. The van der Waals surface area contributed by atoms with E-state index in [-0.39, 0.29) is 12.4 Å². The van der Waals surface area contributed by atoms with Gasteiger partial charge in [-0.25, -0.2) is 0 Å². The fraction of sp³-hybridized carbons (Fsp3) is 0.250. The number of rotatable bonds is 6. The summed E-state index contributed by atoms with van der Waals surface area (Å²) >= 11 is 0. The van der Waals surface area contributed by atoms with Crippen LogP contribution in [0.5, 0.6) is 11.5 Å². The quantitative estimate of drug-likeness (QED) is 0.765. The molecule has 0 fully saturated rings. The zero-order valence-electron chi connectivity index (χ0n) is 12.0. The first-order valence-corrected chi connectivity index (χ1v) is 6.59. The number of nitrogens with zero attached hydrogens (tertiary/aromatic N) is 2. The van der Waals surface area contributed by atoms with Crippen LogP contribution in [0.2, 0.25) is 0 Å². The van der Waals surface area contributed by atoms with Crippen molar-refractivity contribution in [3.05, 3.63) is 47.8 Å². The number of hydrogen-bond acceptors (Lipinski definition) is 4. The second kappa shape index (κ2) is 6.62. The fourth-order valence-corrected chi connectivity index (χ4v) is 1.86. The minimum atomic E-state index is -0.109. The van der Waals surface area contributed by atoms with E-state index in [1.54, 1.807) is 41.2 Å². The van der Waals surface area contributed by atoms with Gasteiger partial charge in [-0.1, -0.05) is 0 Å². The van der Waals surface area contributed by atoms with Crippen molar-refractivity contribution in [3.8, 4) is 17.6 Å². The Labute approximate surface area is 123 Å². The highest BCUT2D eigenvalue weighted by atomic mass is 16.5. The first-order chi connectivity index (χ1) is 10.1. The van der Waals surface area contributed by atoms with Crippen molar-refractivity contribution in [2.45, 2.75) is 6.92 Å². The second-order valence-corrected chi connectivity index (χ2v) is 4.48. The minimum Gasteiger partial charge on any atom is -0.490 e. The molecule has 2 rings (SSSR count). The van der Waals surface area contributed by atoms with Gasteiger partial charge in [0.1, 0.15) is 0 Å². The number of carbonyl (C=O) groups is 1. The summed E-state index contributed by atoms with van der Waals surface area (Å²) in [6, 6.07) is 8.66. The maximum Gasteiger partial charge on any atom is 0.201 e. The summed E-state index contributed by atoms with van der Waals surface area (Å²) in [6.45, 7) is 2.23. The summed E-state index contributed by atoms with van der Waals surface area (Å²) in [5, 5.41) is 8.89. The van der Waals surface area contributed by atoms with Crippen LogP contribution in [-0.4, -0.2) is 23.6 Å². The Balaban J connectivity index is 2.09. The van der Waals surface area contributed by atoms with Crippen molar-refractivity contribution in [1.82, 2.24) is 4.57 Å². The van der Waals surface area contributed by atoms with Gasteiger partial charge < -0.3 is 14.0 Å². The van der Waals surface area contributed by atoms with Gasteiger partial charge in [0, 0.05) is 31.1 Å². The Morgan fingerprint density at radius 1 is 1.29 bits per heavy atom. The van der Waals surface area contributed by atoms with Gasteiger partial charge in [0.2, 0.25) is 5.78 Å². The molecular weight excluding hydrogens is 268 g/mol. The molecule has 5 nitrogen and oxygen atoms in total. The molecule has 5 heteroatoms. The number of carbonyl (C=O) groups excluding carboxylic acids is 1. The molecule has 0 N–H and O–H groups in total. The lowest BCUT2D eigenvalue weighted by Gasteiger charge is -2.11. The largest absolute Gasteiger partial charge is 0.490 e. The van der Waals surface area contributed by atoms with Gasteiger partial charge in [-0.3, -0.25) is 4.79 Å². The van der Waals surface area contributed by atoms with Gasteiger partial charge in [-0.2, -0.15) is 5.26 Å². The van der Waals surface area contributed by atoms with Crippen molar-refractivity contribution >= 4 is 5.78 Å². The fourth-order valence-electron chi connectivity index (χ4n) is 1.86. The zero-order chi connectivity index (χ0) is 15.2. The van der Waals surface area contributed by atoms with Gasteiger partial charge in [-0.15, -0.1) is 0 Å². The number of hydrogen-bond donors (Lipinski definition) is 0. The Kier molecular flexibility index (Phi) is 4.62. The van der Waals surface area contributed by atoms with Gasteiger partial charge >= 0.3 is 0 Å². The molecule has 1 aromatic heterocycles. The number of ketones is 1. The SMILES string of the molecule is CCOc1cc(C#N)ccc1OCC(=O)c1ccn(C)c1. The molecule has 0 atom stereocenters. The van der Waals surface area contributed by atoms with Crippen molar-refractivity contribution in [2.24, 2.45) is 7.05 Å². The molecule has 0 radical (unpaired) electrons. The van der Waals surface area contributed by atoms with E-state index < -0.39 is 0 Å².